The highest BCUT2D eigenvalue weighted by Crippen LogP contribution is 2.17. The maximum Gasteiger partial charge on any atom is 0.337 e. The molecule has 0 aliphatic carbocycles. The summed E-state index contributed by atoms with van der Waals surface area (Å²) < 4.78 is 22.7. The molecule has 6 nitrogen and oxygen atoms in total. The Bertz CT molecular complexity index is 544. The molecule has 0 atom stereocenters. The lowest BCUT2D eigenvalue weighted by Crippen LogP contribution is -2.16. The minimum atomic E-state index is -0.688. The van der Waals surface area contributed by atoms with Crippen molar-refractivity contribution >= 4 is 23.5 Å². The third-order valence-electron chi connectivity index (χ3n) is 2.52. The van der Waals surface area contributed by atoms with Gasteiger partial charge < -0.3 is 14.8 Å². The van der Waals surface area contributed by atoms with E-state index in [0.29, 0.717) is 0 Å². The quantitative estimate of drug-likeness (QED) is 0.811. The molecule has 1 amide bonds. The molecular weight excluding hydrogens is 281 g/mol. The first-order chi connectivity index (χ1) is 9.97. The molecule has 1 rings (SSSR count). The first-order valence-electron chi connectivity index (χ1n) is 6.31. The van der Waals surface area contributed by atoms with Crippen LogP contribution < -0.4 is 5.32 Å². The van der Waals surface area contributed by atoms with Crippen LogP contribution in [0.5, 0.6) is 0 Å². The second-order valence-corrected chi connectivity index (χ2v) is 4.04. The zero-order valence-electron chi connectivity index (χ0n) is 11.8. The van der Waals surface area contributed by atoms with E-state index < -0.39 is 23.7 Å². The second-order valence-electron chi connectivity index (χ2n) is 4.04. The van der Waals surface area contributed by atoms with E-state index in [1.165, 1.54) is 19.2 Å². The van der Waals surface area contributed by atoms with Gasteiger partial charge in [-0.05, 0) is 25.1 Å². The van der Waals surface area contributed by atoms with Crippen molar-refractivity contribution in [3.8, 4) is 0 Å². The molecule has 0 aromatic heterocycles. The van der Waals surface area contributed by atoms with Crippen LogP contribution in [0, 0.1) is 5.82 Å². The predicted octanol–water partition coefficient (Wildman–Crippen LogP) is 1.89. The van der Waals surface area contributed by atoms with E-state index in [9.17, 15) is 18.8 Å². The molecule has 0 heterocycles. The van der Waals surface area contributed by atoms with Gasteiger partial charge in [-0.3, -0.25) is 9.59 Å². The van der Waals surface area contributed by atoms with E-state index in [2.05, 4.69) is 14.8 Å². The number of carbonyl (C=O) groups is 3. The van der Waals surface area contributed by atoms with Crippen molar-refractivity contribution in [1.82, 2.24) is 0 Å². The predicted molar refractivity (Wildman–Crippen MR) is 72.2 cm³/mol. The topological polar surface area (TPSA) is 81.7 Å². The summed E-state index contributed by atoms with van der Waals surface area (Å²) in [6, 6.07) is 3.46. The third kappa shape index (κ3) is 5.21. The summed E-state index contributed by atoms with van der Waals surface area (Å²) in [5.74, 6) is -2.38. The summed E-state index contributed by atoms with van der Waals surface area (Å²) in [5, 5.41) is 2.30. The van der Waals surface area contributed by atoms with Gasteiger partial charge in [0.2, 0.25) is 5.91 Å². The fraction of sp³-hybridized carbons (Fsp3) is 0.357. The molecule has 7 heteroatoms. The molecule has 1 N–H and O–H groups in total. The van der Waals surface area contributed by atoms with Crippen LogP contribution in [-0.4, -0.2) is 31.6 Å². The minimum Gasteiger partial charge on any atom is -0.466 e. The van der Waals surface area contributed by atoms with E-state index in [0.717, 1.165) is 6.07 Å². The van der Waals surface area contributed by atoms with E-state index in [1.807, 2.05) is 0 Å². The molecule has 0 fully saturated rings. The number of rotatable bonds is 6. The van der Waals surface area contributed by atoms with Crippen molar-refractivity contribution in [2.75, 3.05) is 19.0 Å². The Labute approximate surface area is 121 Å². The highest BCUT2D eigenvalue weighted by atomic mass is 19.1. The zero-order valence-corrected chi connectivity index (χ0v) is 11.8. The fourth-order valence-electron chi connectivity index (χ4n) is 1.53. The number of benzene rings is 1. The second kappa shape index (κ2) is 7.98. The number of methoxy groups -OCH3 is 1. The van der Waals surface area contributed by atoms with Crippen molar-refractivity contribution in [3.63, 3.8) is 0 Å². The molecule has 1 aromatic carbocycles. The molecule has 0 saturated heterocycles. The van der Waals surface area contributed by atoms with E-state index in [1.54, 1.807) is 6.92 Å². The third-order valence-corrected chi connectivity index (χ3v) is 2.52. The molecule has 0 bridgehead atoms. The van der Waals surface area contributed by atoms with Crippen LogP contribution in [0.25, 0.3) is 0 Å². The smallest absolute Gasteiger partial charge is 0.337 e. The van der Waals surface area contributed by atoms with Gasteiger partial charge in [0, 0.05) is 6.42 Å². The number of esters is 2. The van der Waals surface area contributed by atoms with Crippen LogP contribution in [0.3, 0.4) is 0 Å². The van der Waals surface area contributed by atoms with Gasteiger partial charge in [0.15, 0.2) is 0 Å². The van der Waals surface area contributed by atoms with Crippen molar-refractivity contribution in [3.05, 3.63) is 29.6 Å². The van der Waals surface area contributed by atoms with Gasteiger partial charge in [-0.1, -0.05) is 0 Å². The van der Waals surface area contributed by atoms with Crippen LogP contribution in [0.4, 0.5) is 10.1 Å². The lowest BCUT2D eigenvalue weighted by atomic mass is 10.2. The number of ether oxygens (including phenoxy) is 2. The molecular formula is C14H16FNO5. The molecule has 114 valence electrons. The summed E-state index contributed by atoms with van der Waals surface area (Å²) in [6.45, 7) is 1.89. The zero-order chi connectivity index (χ0) is 15.8. The Kier molecular flexibility index (Phi) is 6.32. The Hall–Kier alpha value is -2.44. The molecule has 0 saturated carbocycles. The summed E-state index contributed by atoms with van der Waals surface area (Å²) >= 11 is 0. The largest absolute Gasteiger partial charge is 0.466 e. The molecule has 21 heavy (non-hydrogen) atoms. The summed E-state index contributed by atoms with van der Waals surface area (Å²) in [4.78, 5) is 34.1. The van der Waals surface area contributed by atoms with Gasteiger partial charge in [-0.2, -0.15) is 0 Å². The van der Waals surface area contributed by atoms with Crippen LogP contribution in [0.2, 0.25) is 0 Å². The average Bonchev–Trinajstić information content (AvgIpc) is 2.47. The van der Waals surface area contributed by atoms with E-state index in [4.69, 9.17) is 0 Å². The Morgan fingerprint density at radius 3 is 2.57 bits per heavy atom. The van der Waals surface area contributed by atoms with Crippen LogP contribution in [0.1, 0.15) is 30.1 Å². The molecule has 0 aliphatic rings. The van der Waals surface area contributed by atoms with Gasteiger partial charge in [-0.25, -0.2) is 9.18 Å². The number of anilines is 1. The lowest BCUT2D eigenvalue weighted by molar-refractivity contribution is -0.144. The Morgan fingerprint density at radius 1 is 1.24 bits per heavy atom. The monoisotopic (exact) mass is 297 g/mol. The summed E-state index contributed by atoms with van der Waals surface area (Å²) in [5.41, 5.74) is -0.0358. The summed E-state index contributed by atoms with van der Waals surface area (Å²) in [6.07, 6.45) is -0.237. The molecule has 0 aliphatic heterocycles. The first kappa shape index (κ1) is 16.6. The number of hydrogen-bond donors (Lipinski definition) is 1. The van der Waals surface area contributed by atoms with Crippen LogP contribution >= 0.6 is 0 Å². The number of carbonyl (C=O) groups excluding carboxylic acids is 3. The van der Waals surface area contributed by atoms with Crippen LogP contribution in [-0.2, 0) is 19.1 Å². The van der Waals surface area contributed by atoms with E-state index in [-0.39, 0.29) is 30.7 Å². The lowest BCUT2D eigenvalue weighted by Gasteiger charge is -2.08. The Balaban J connectivity index is 2.67. The minimum absolute atomic E-state index is 0.0992. The SMILES string of the molecule is CCOC(=O)CCC(=O)Nc1cc(C(=O)OC)ccc1F. The van der Waals surface area contributed by atoms with Gasteiger partial charge in [0.1, 0.15) is 5.82 Å². The number of nitrogens with one attached hydrogen (secondary N) is 1. The van der Waals surface area contributed by atoms with Crippen molar-refractivity contribution in [2.24, 2.45) is 0 Å². The van der Waals surface area contributed by atoms with Crippen molar-refractivity contribution < 1.29 is 28.2 Å². The average molecular weight is 297 g/mol. The van der Waals surface area contributed by atoms with Gasteiger partial charge >= 0.3 is 11.9 Å². The maximum absolute atomic E-state index is 13.6. The van der Waals surface area contributed by atoms with Crippen LogP contribution in [0.15, 0.2) is 18.2 Å². The molecule has 0 radical (unpaired) electrons. The van der Waals surface area contributed by atoms with Gasteiger partial charge in [-0.15, -0.1) is 0 Å². The number of halogens is 1. The number of hydrogen-bond acceptors (Lipinski definition) is 5. The van der Waals surface area contributed by atoms with Gasteiger partial charge in [0.25, 0.3) is 0 Å². The standard InChI is InChI=1S/C14H16FNO5/c1-3-21-13(18)7-6-12(17)16-11-8-9(14(19)20-2)4-5-10(11)15/h4-5,8H,3,6-7H2,1-2H3,(H,16,17). The van der Waals surface area contributed by atoms with E-state index >= 15 is 0 Å². The number of amides is 1. The van der Waals surface area contributed by atoms with Crippen molar-refractivity contribution in [1.29, 1.82) is 0 Å². The fourth-order valence-corrected chi connectivity index (χ4v) is 1.53. The molecule has 0 spiro atoms. The first-order valence-corrected chi connectivity index (χ1v) is 6.31. The normalized spacial score (nSPS) is 9.86. The summed E-state index contributed by atoms with van der Waals surface area (Å²) in [7, 11) is 1.20. The highest BCUT2D eigenvalue weighted by molar-refractivity contribution is 5.95. The van der Waals surface area contributed by atoms with Gasteiger partial charge in [0.05, 0.1) is 31.4 Å². The maximum atomic E-state index is 13.6. The molecule has 0 unspecified atom stereocenters. The van der Waals surface area contributed by atoms with Crippen molar-refractivity contribution in [2.45, 2.75) is 19.8 Å². The highest BCUT2D eigenvalue weighted by Gasteiger charge is 2.13. The Morgan fingerprint density at radius 2 is 1.95 bits per heavy atom. The molecule has 1 aromatic rings.